The molecule has 0 aliphatic carbocycles. The van der Waals surface area contributed by atoms with Crippen molar-refractivity contribution < 1.29 is 9.47 Å². The summed E-state index contributed by atoms with van der Waals surface area (Å²) in [6.07, 6.45) is 2.32. The van der Waals surface area contributed by atoms with E-state index in [-0.39, 0.29) is 6.10 Å². The highest BCUT2D eigenvalue weighted by molar-refractivity contribution is 5.33. The summed E-state index contributed by atoms with van der Waals surface area (Å²) in [5, 5.41) is 0. The van der Waals surface area contributed by atoms with E-state index in [9.17, 15) is 0 Å². The average molecular weight is 270 g/mol. The molecule has 0 aromatic heterocycles. The summed E-state index contributed by atoms with van der Waals surface area (Å²) in [5.41, 5.74) is 1.17. The van der Waals surface area contributed by atoms with Gasteiger partial charge in [-0.2, -0.15) is 0 Å². The first-order valence-electron chi connectivity index (χ1n) is 7.25. The van der Waals surface area contributed by atoms with Gasteiger partial charge in [0.1, 0.15) is 18.1 Å². The Morgan fingerprint density at radius 1 is 0.850 bits per heavy atom. The predicted octanol–water partition coefficient (Wildman–Crippen LogP) is 4.83. The smallest absolute Gasteiger partial charge is 0.123 e. The van der Waals surface area contributed by atoms with Gasteiger partial charge in [-0.15, -0.1) is 0 Å². The topological polar surface area (TPSA) is 18.5 Å². The van der Waals surface area contributed by atoms with E-state index in [2.05, 4.69) is 26.0 Å². The van der Waals surface area contributed by atoms with Crippen molar-refractivity contribution in [2.24, 2.45) is 0 Å². The van der Waals surface area contributed by atoms with Crippen molar-refractivity contribution in [3.63, 3.8) is 0 Å². The molecular weight excluding hydrogens is 248 g/mol. The summed E-state index contributed by atoms with van der Waals surface area (Å²) in [6.45, 7) is 4.86. The molecule has 0 spiro atoms. The third kappa shape index (κ3) is 4.30. The molecule has 0 fully saturated rings. The maximum Gasteiger partial charge on any atom is 0.123 e. The van der Waals surface area contributed by atoms with Crippen molar-refractivity contribution in [2.45, 2.75) is 39.4 Å². The first kappa shape index (κ1) is 14.4. The fraction of sp³-hybridized carbons (Fsp3) is 0.333. The Morgan fingerprint density at radius 2 is 1.55 bits per heavy atom. The van der Waals surface area contributed by atoms with Crippen molar-refractivity contribution in [1.82, 2.24) is 0 Å². The maximum atomic E-state index is 5.93. The Morgan fingerprint density at radius 3 is 2.25 bits per heavy atom. The Labute approximate surface area is 121 Å². The van der Waals surface area contributed by atoms with Gasteiger partial charge >= 0.3 is 0 Å². The van der Waals surface area contributed by atoms with Gasteiger partial charge in [-0.1, -0.05) is 50.2 Å². The predicted molar refractivity (Wildman–Crippen MR) is 82.2 cm³/mol. The van der Waals surface area contributed by atoms with Gasteiger partial charge in [0, 0.05) is 6.07 Å². The highest BCUT2D eigenvalue weighted by Gasteiger charge is 2.06. The van der Waals surface area contributed by atoms with Gasteiger partial charge in [0.05, 0.1) is 6.10 Å². The van der Waals surface area contributed by atoms with Crippen LogP contribution >= 0.6 is 0 Å². The standard InChI is InChI=1S/C18H22O2/c1-3-16(4-2)20-18-12-8-11-17(13-18)19-14-15-9-6-5-7-10-15/h5-13,16H,3-4,14H2,1-2H3. The van der Waals surface area contributed by atoms with E-state index < -0.39 is 0 Å². The highest BCUT2D eigenvalue weighted by atomic mass is 16.5. The summed E-state index contributed by atoms with van der Waals surface area (Å²) in [6, 6.07) is 18.0. The minimum absolute atomic E-state index is 0.277. The molecule has 2 heteroatoms. The number of hydrogen-bond acceptors (Lipinski definition) is 2. The molecule has 0 atom stereocenters. The molecule has 2 nitrogen and oxygen atoms in total. The van der Waals surface area contributed by atoms with Crippen molar-refractivity contribution in [3.05, 3.63) is 60.2 Å². The number of hydrogen-bond donors (Lipinski definition) is 0. The first-order chi connectivity index (χ1) is 9.81. The number of ether oxygens (including phenoxy) is 2. The van der Waals surface area contributed by atoms with Gasteiger partial charge in [-0.25, -0.2) is 0 Å². The summed E-state index contributed by atoms with van der Waals surface area (Å²) in [7, 11) is 0. The van der Waals surface area contributed by atoms with Gasteiger partial charge in [0.25, 0.3) is 0 Å². The number of benzene rings is 2. The van der Waals surface area contributed by atoms with Crippen LogP contribution in [0.1, 0.15) is 32.3 Å². The maximum absolute atomic E-state index is 5.93. The van der Waals surface area contributed by atoms with Crippen LogP contribution in [0.25, 0.3) is 0 Å². The SMILES string of the molecule is CCC(CC)Oc1cccc(OCc2ccccc2)c1. The zero-order chi connectivity index (χ0) is 14.2. The van der Waals surface area contributed by atoms with E-state index in [1.54, 1.807) is 0 Å². The minimum Gasteiger partial charge on any atom is -0.490 e. The number of rotatable bonds is 7. The van der Waals surface area contributed by atoms with E-state index in [4.69, 9.17) is 9.47 Å². The molecule has 0 aliphatic heterocycles. The van der Waals surface area contributed by atoms with Gasteiger partial charge in [0.2, 0.25) is 0 Å². The Kier molecular flexibility index (Phi) is 5.48. The van der Waals surface area contributed by atoms with Gasteiger partial charge in [-0.3, -0.25) is 0 Å². The molecule has 0 N–H and O–H groups in total. The van der Waals surface area contributed by atoms with E-state index in [0.717, 1.165) is 24.3 Å². The van der Waals surface area contributed by atoms with Crippen molar-refractivity contribution >= 4 is 0 Å². The summed E-state index contributed by atoms with van der Waals surface area (Å²) < 4.78 is 11.7. The largest absolute Gasteiger partial charge is 0.490 e. The summed E-state index contributed by atoms with van der Waals surface area (Å²) >= 11 is 0. The third-order valence-corrected chi connectivity index (χ3v) is 3.27. The van der Waals surface area contributed by atoms with E-state index in [1.165, 1.54) is 5.56 Å². The van der Waals surface area contributed by atoms with Crippen molar-refractivity contribution in [1.29, 1.82) is 0 Å². The normalized spacial score (nSPS) is 10.6. The zero-order valence-corrected chi connectivity index (χ0v) is 12.2. The monoisotopic (exact) mass is 270 g/mol. The lowest BCUT2D eigenvalue weighted by atomic mass is 10.2. The molecular formula is C18H22O2. The fourth-order valence-corrected chi connectivity index (χ4v) is 2.03. The lowest BCUT2D eigenvalue weighted by Crippen LogP contribution is -2.13. The Bertz CT molecular complexity index is 504. The van der Waals surface area contributed by atoms with Gasteiger partial charge in [0.15, 0.2) is 0 Å². The molecule has 20 heavy (non-hydrogen) atoms. The van der Waals surface area contributed by atoms with Crippen LogP contribution in [0.15, 0.2) is 54.6 Å². The summed E-state index contributed by atoms with van der Waals surface area (Å²) in [5.74, 6) is 1.72. The molecule has 0 radical (unpaired) electrons. The lowest BCUT2D eigenvalue weighted by molar-refractivity contribution is 0.191. The van der Waals surface area contributed by atoms with Crippen LogP contribution in [0.2, 0.25) is 0 Å². The molecule has 106 valence electrons. The van der Waals surface area contributed by atoms with Gasteiger partial charge < -0.3 is 9.47 Å². The molecule has 2 aromatic rings. The molecule has 0 amide bonds. The first-order valence-corrected chi connectivity index (χ1v) is 7.25. The van der Waals surface area contributed by atoms with E-state index >= 15 is 0 Å². The Balaban J connectivity index is 1.95. The molecule has 2 rings (SSSR count). The van der Waals surface area contributed by atoms with Gasteiger partial charge in [-0.05, 0) is 30.5 Å². The molecule has 0 saturated carbocycles. The van der Waals surface area contributed by atoms with Crippen LogP contribution in [0, 0.1) is 0 Å². The minimum atomic E-state index is 0.277. The summed E-state index contributed by atoms with van der Waals surface area (Å²) in [4.78, 5) is 0. The Hall–Kier alpha value is -1.96. The van der Waals surface area contributed by atoms with Crippen LogP contribution in [-0.4, -0.2) is 6.10 Å². The second-order valence-electron chi connectivity index (χ2n) is 4.81. The van der Waals surface area contributed by atoms with Crippen LogP contribution in [0.4, 0.5) is 0 Å². The molecule has 0 heterocycles. The highest BCUT2D eigenvalue weighted by Crippen LogP contribution is 2.22. The molecule has 2 aromatic carbocycles. The zero-order valence-electron chi connectivity index (χ0n) is 12.2. The second-order valence-corrected chi connectivity index (χ2v) is 4.81. The van der Waals surface area contributed by atoms with Crippen LogP contribution < -0.4 is 9.47 Å². The molecule has 0 aliphatic rings. The third-order valence-electron chi connectivity index (χ3n) is 3.27. The van der Waals surface area contributed by atoms with E-state index in [1.807, 2.05) is 42.5 Å². The molecule has 0 bridgehead atoms. The van der Waals surface area contributed by atoms with Crippen LogP contribution in [0.3, 0.4) is 0 Å². The van der Waals surface area contributed by atoms with Crippen LogP contribution in [-0.2, 0) is 6.61 Å². The molecule has 0 unspecified atom stereocenters. The van der Waals surface area contributed by atoms with Crippen molar-refractivity contribution in [2.75, 3.05) is 0 Å². The quantitative estimate of drug-likeness (QED) is 0.717. The van der Waals surface area contributed by atoms with Crippen LogP contribution in [0.5, 0.6) is 11.5 Å². The lowest BCUT2D eigenvalue weighted by Gasteiger charge is -2.16. The van der Waals surface area contributed by atoms with Crippen molar-refractivity contribution in [3.8, 4) is 11.5 Å². The second kappa shape index (κ2) is 7.59. The molecule has 0 saturated heterocycles. The fourth-order valence-electron chi connectivity index (χ4n) is 2.03. The van der Waals surface area contributed by atoms with E-state index in [0.29, 0.717) is 6.61 Å². The average Bonchev–Trinajstić information content (AvgIpc) is 2.52.